The van der Waals surface area contributed by atoms with Crippen LogP contribution in [0.3, 0.4) is 0 Å². The highest BCUT2D eigenvalue weighted by molar-refractivity contribution is 5.86. The van der Waals surface area contributed by atoms with Gasteiger partial charge in [0.2, 0.25) is 0 Å². The van der Waals surface area contributed by atoms with Gasteiger partial charge in [0.25, 0.3) is 0 Å². The minimum absolute atomic E-state index is 0.0706. The number of methoxy groups -OCH3 is 1. The van der Waals surface area contributed by atoms with Crippen LogP contribution in [0.5, 0.6) is 0 Å². The predicted octanol–water partition coefficient (Wildman–Crippen LogP) is 2.03. The Morgan fingerprint density at radius 3 is 2.67 bits per heavy atom. The summed E-state index contributed by atoms with van der Waals surface area (Å²) < 4.78 is 10.0. The first kappa shape index (κ1) is 12.8. The highest BCUT2D eigenvalue weighted by Gasteiger charge is 2.34. The highest BCUT2D eigenvalue weighted by atomic mass is 16.5. The van der Waals surface area contributed by atoms with E-state index in [1.54, 1.807) is 6.07 Å². The van der Waals surface area contributed by atoms with E-state index in [1.165, 1.54) is 7.11 Å². The molecule has 1 unspecified atom stereocenters. The molecule has 1 fully saturated rings. The van der Waals surface area contributed by atoms with Crippen molar-refractivity contribution in [2.24, 2.45) is 5.92 Å². The monoisotopic (exact) mass is 251 g/mol. The van der Waals surface area contributed by atoms with E-state index in [-0.39, 0.29) is 23.6 Å². The number of nitrogens with zero attached hydrogens (tertiary/aromatic N) is 1. The van der Waals surface area contributed by atoms with E-state index < -0.39 is 5.92 Å². The van der Waals surface area contributed by atoms with Crippen LogP contribution in [-0.4, -0.2) is 24.0 Å². The molecule has 1 aromatic heterocycles. The van der Waals surface area contributed by atoms with Crippen LogP contribution < -0.4 is 0 Å². The lowest BCUT2D eigenvalue weighted by Crippen LogP contribution is -2.21. The molecule has 0 aromatic carbocycles. The summed E-state index contributed by atoms with van der Waals surface area (Å²) >= 11 is 0. The fraction of sp³-hybridized carbons (Fsp3) is 0.615. The number of ketones is 1. The summed E-state index contributed by atoms with van der Waals surface area (Å²) in [5.41, 5.74) is 0.763. The van der Waals surface area contributed by atoms with Gasteiger partial charge < -0.3 is 9.26 Å². The zero-order chi connectivity index (χ0) is 13.3. The van der Waals surface area contributed by atoms with Crippen molar-refractivity contribution in [2.45, 2.75) is 38.5 Å². The molecular weight excluding hydrogens is 234 g/mol. The van der Waals surface area contributed by atoms with Gasteiger partial charge in [-0.25, -0.2) is 0 Å². The maximum atomic E-state index is 11.7. The summed E-state index contributed by atoms with van der Waals surface area (Å²) in [5, 5.41) is 3.96. The van der Waals surface area contributed by atoms with Crippen molar-refractivity contribution < 1.29 is 18.8 Å². The number of hydrogen-bond acceptors (Lipinski definition) is 5. The predicted molar refractivity (Wildman–Crippen MR) is 63.1 cm³/mol. The standard InChI is InChI=1S/C13H17NO4/c1-7(2)12(13(16)17-3)11-6-10(14-18-11)8-4-9(15)5-8/h6-8,12H,4-5H2,1-3H3. The average Bonchev–Trinajstić information content (AvgIpc) is 2.73. The number of esters is 1. The van der Waals surface area contributed by atoms with Crippen molar-refractivity contribution in [1.82, 2.24) is 5.16 Å². The zero-order valence-corrected chi connectivity index (χ0v) is 10.8. The van der Waals surface area contributed by atoms with E-state index in [9.17, 15) is 9.59 Å². The molecule has 0 N–H and O–H groups in total. The van der Waals surface area contributed by atoms with Gasteiger partial charge in [-0.15, -0.1) is 0 Å². The van der Waals surface area contributed by atoms with Gasteiger partial charge in [0, 0.05) is 24.8 Å². The maximum absolute atomic E-state index is 11.7. The van der Waals surface area contributed by atoms with Crippen molar-refractivity contribution in [3.63, 3.8) is 0 Å². The van der Waals surface area contributed by atoms with Gasteiger partial charge >= 0.3 is 5.97 Å². The molecule has 0 radical (unpaired) electrons. The van der Waals surface area contributed by atoms with Crippen LogP contribution in [0.4, 0.5) is 0 Å². The van der Waals surface area contributed by atoms with Crippen LogP contribution in [0.1, 0.15) is 50.0 Å². The molecule has 18 heavy (non-hydrogen) atoms. The van der Waals surface area contributed by atoms with Gasteiger partial charge in [-0.2, -0.15) is 0 Å². The number of ether oxygens (including phenoxy) is 1. The van der Waals surface area contributed by atoms with Crippen LogP contribution in [0.25, 0.3) is 0 Å². The number of Topliss-reactive ketones (excluding diaryl/α,β-unsaturated/α-hetero) is 1. The Morgan fingerprint density at radius 2 is 2.17 bits per heavy atom. The summed E-state index contributed by atoms with van der Waals surface area (Å²) in [6.45, 7) is 3.85. The third kappa shape index (κ3) is 2.30. The Kier molecular flexibility index (Phi) is 3.50. The van der Waals surface area contributed by atoms with Crippen molar-refractivity contribution in [3.05, 3.63) is 17.5 Å². The number of hydrogen-bond donors (Lipinski definition) is 0. The Bertz CT molecular complexity index is 455. The van der Waals surface area contributed by atoms with Crippen LogP contribution in [0, 0.1) is 5.92 Å². The van der Waals surface area contributed by atoms with E-state index in [1.807, 2.05) is 13.8 Å². The molecule has 0 spiro atoms. The van der Waals surface area contributed by atoms with Crippen LogP contribution >= 0.6 is 0 Å². The summed E-state index contributed by atoms with van der Waals surface area (Å²) in [6, 6.07) is 1.78. The second-order valence-corrected chi connectivity index (χ2v) is 5.04. The summed E-state index contributed by atoms with van der Waals surface area (Å²) in [4.78, 5) is 22.7. The Hall–Kier alpha value is -1.65. The van der Waals surface area contributed by atoms with Crippen molar-refractivity contribution in [2.75, 3.05) is 7.11 Å². The Morgan fingerprint density at radius 1 is 1.50 bits per heavy atom. The molecule has 5 nitrogen and oxygen atoms in total. The van der Waals surface area contributed by atoms with E-state index in [2.05, 4.69) is 5.16 Å². The molecule has 0 saturated heterocycles. The first-order chi connectivity index (χ1) is 8.52. The minimum Gasteiger partial charge on any atom is -0.468 e. The smallest absolute Gasteiger partial charge is 0.316 e. The molecule has 0 amide bonds. The normalized spacial score (nSPS) is 17.7. The van der Waals surface area contributed by atoms with Gasteiger partial charge in [-0.1, -0.05) is 19.0 Å². The number of carbonyl (C=O) groups excluding carboxylic acids is 2. The van der Waals surface area contributed by atoms with Crippen LogP contribution in [0.2, 0.25) is 0 Å². The first-order valence-corrected chi connectivity index (χ1v) is 6.09. The number of aromatic nitrogens is 1. The maximum Gasteiger partial charge on any atom is 0.316 e. The SMILES string of the molecule is COC(=O)C(c1cc(C2CC(=O)C2)no1)C(C)C. The third-order valence-corrected chi connectivity index (χ3v) is 3.34. The van der Waals surface area contributed by atoms with Crippen molar-refractivity contribution >= 4 is 11.8 Å². The fourth-order valence-electron chi connectivity index (χ4n) is 2.19. The molecule has 1 aromatic rings. The molecule has 0 aliphatic heterocycles. The quantitative estimate of drug-likeness (QED) is 0.766. The molecule has 1 aliphatic rings. The molecule has 1 atom stereocenters. The molecule has 98 valence electrons. The molecule has 5 heteroatoms. The molecule has 0 bridgehead atoms. The van der Waals surface area contributed by atoms with E-state index >= 15 is 0 Å². The molecule has 2 rings (SSSR count). The number of rotatable bonds is 4. The third-order valence-electron chi connectivity index (χ3n) is 3.34. The minimum atomic E-state index is -0.438. The van der Waals surface area contributed by atoms with Gasteiger partial charge in [0.15, 0.2) is 5.76 Å². The summed E-state index contributed by atoms with van der Waals surface area (Å²) in [5.74, 6) is 0.232. The highest BCUT2D eigenvalue weighted by Crippen LogP contribution is 2.35. The Balaban J connectivity index is 2.16. The first-order valence-electron chi connectivity index (χ1n) is 6.09. The Labute approximate surface area is 105 Å². The lowest BCUT2D eigenvalue weighted by Gasteiger charge is -2.20. The summed E-state index contributed by atoms with van der Waals surface area (Å²) in [6.07, 6.45) is 1.05. The van der Waals surface area contributed by atoms with E-state index in [4.69, 9.17) is 9.26 Å². The topological polar surface area (TPSA) is 69.4 Å². The van der Waals surface area contributed by atoms with E-state index in [0.717, 1.165) is 5.69 Å². The van der Waals surface area contributed by atoms with Gasteiger partial charge in [0.1, 0.15) is 11.7 Å². The van der Waals surface area contributed by atoms with Crippen LogP contribution in [-0.2, 0) is 14.3 Å². The van der Waals surface area contributed by atoms with E-state index in [0.29, 0.717) is 18.6 Å². The second-order valence-electron chi connectivity index (χ2n) is 5.04. The largest absolute Gasteiger partial charge is 0.468 e. The van der Waals surface area contributed by atoms with Gasteiger partial charge in [-0.05, 0) is 5.92 Å². The summed E-state index contributed by atoms with van der Waals surface area (Å²) in [7, 11) is 1.36. The average molecular weight is 251 g/mol. The molecule has 1 aliphatic carbocycles. The molecular formula is C13H17NO4. The number of carbonyl (C=O) groups is 2. The van der Waals surface area contributed by atoms with Crippen LogP contribution in [0.15, 0.2) is 10.6 Å². The fourth-order valence-corrected chi connectivity index (χ4v) is 2.19. The lowest BCUT2D eigenvalue weighted by molar-refractivity contribution is -0.144. The van der Waals surface area contributed by atoms with Crippen molar-refractivity contribution in [3.8, 4) is 0 Å². The lowest BCUT2D eigenvalue weighted by atomic mass is 9.81. The molecule has 1 heterocycles. The van der Waals surface area contributed by atoms with Gasteiger partial charge in [0.05, 0.1) is 12.8 Å². The van der Waals surface area contributed by atoms with Crippen molar-refractivity contribution in [1.29, 1.82) is 0 Å². The second kappa shape index (κ2) is 4.92. The molecule has 1 saturated carbocycles. The zero-order valence-electron chi connectivity index (χ0n) is 10.8. The van der Waals surface area contributed by atoms with Gasteiger partial charge in [-0.3, -0.25) is 9.59 Å².